The average Bonchev–Trinajstić information content (AvgIpc) is 2.41. The first-order chi connectivity index (χ1) is 8.84. The lowest BCUT2D eigenvalue weighted by Gasteiger charge is -2.11. The fraction of sp³-hybridized carbons (Fsp3) is 0.250. The maximum Gasteiger partial charge on any atom is 0.0814 e. The van der Waals surface area contributed by atoms with Crippen LogP contribution in [0, 0.1) is 0 Å². The van der Waals surface area contributed by atoms with E-state index in [0.29, 0.717) is 19.6 Å². The van der Waals surface area contributed by atoms with Crippen LogP contribution >= 0.6 is 0 Å². The maximum absolute atomic E-state index is 9.86. The molecule has 0 aliphatic heterocycles. The molecule has 2 heteroatoms. The van der Waals surface area contributed by atoms with Gasteiger partial charge in [-0.05, 0) is 11.1 Å². The van der Waals surface area contributed by atoms with E-state index in [1.54, 1.807) is 0 Å². The summed E-state index contributed by atoms with van der Waals surface area (Å²) in [5.41, 5.74) is 2.26. The van der Waals surface area contributed by atoms with E-state index in [0.717, 1.165) is 11.1 Å². The first-order valence-corrected chi connectivity index (χ1v) is 6.18. The summed E-state index contributed by atoms with van der Waals surface area (Å²) in [5, 5.41) is 9.86. The molecule has 0 heterocycles. The summed E-state index contributed by atoms with van der Waals surface area (Å²) in [4.78, 5) is 0. The topological polar surface area (TPSA) is 29.5 Å². The molecule has 0 saturated carbocycles. The Labute approximate surface area is 108 Å². The molecule has 2 rings (SSSR count). The van der Waals surface area contributed by atoms with Gasteiger partial charge < -0.3 is 9.84 Å². The van der Waals surface area contributed by atoms with Gasteiger partial charge in [0.05, 0.1) is 19.3 Å². The summed E-state index contributed by atoms with van der Waals surface area (Å²) in [6.07, 6.45) is 0.187. The third kappa shape index (κ3) is 4.32. The predicted molar refractivity (Wildman–Crippen MR) is 72.3 cm³/mol. The Hall–Kier alpha value is -1.64. The van der Waals surface area contributed by atoms with Gasteiger partial charge in [-0.2, -0.15) is 0 Å². The van der Waals surface area contributed by atoms with Crippen LogP contribution in [0.25, 0.3) is 0 Å². The van der Waals surface area contributed by atoms with Crippen molar-refractivity contribution < 1.29 is 9.84 Å². The molecule has 0 spiro atoms. The smallest absolute Gasteiger partial charge is 0.0814 e. The summed E-state index contributed by atoms with van der Waals surface area (Å²) in [6.45, 7) is 0.913. The summed E-state index contributed by atoms with van der Waals surface area (Å²) in [7, 11) is 0. The fourth-order valence-corrected chi connectivity index (χ4v) is 1.83. The van der Waals surface area contributed by atoms with Crippen LogP contribution < -0.4 is 0 Å². The molecule has 0 saturated heterocycles. The summed E-state index contributed by atoms with van der Waals surface area (Å²) in [5.74, 6) is 0. The molecule has 0 bridgehead atoms. The average molecular weight is 242 g/mol. The number of benzene rings is 2. The van der Waals surface area contributed by atoms with Gasteiger partial charge in [-0.1, -0.05) is 60.7 Å². The van der Waals surface area contributed by atoms with Crippen LogP contribution in [-0.2, 0) is 17.8 Å². The largest absolute Gasteiger partial charge is 0.390 e. The van der Waals surface area contributed by atoms with E-state index in [9.17, 15) is 5.11 Å². The van der Waals surface area contributed by atoms with Crippen molar-refractivity contribution in [2.45, 2.75) is 19.1 Å². The van der Waals surface area contributed by atoms with Gasteiger partial charge in [0.1, 0.15) is 0 Å². The lowest BCUT2D eigenvalue weighted by Crippen LogP contribution is -2.18. The molecule has 0 aromatic heterocycles. The van der Waals surface area contributed by atoms with Crippen LogP contribution in [0.3, 0.4) is 0 Å². The molecule has 1 N–H and O–H groups in total. The SMILES string of the molecule is OC(COCc1ccccc1)Cc1ccccc1. The Morgan fingerprint density at radius 3 is 2.00 bits per heavy atom. The molecule has 2 nitrogen and oxygen atoms in total. The quantitative estimate of drug-likeness (QED) is 0.844. The van der Waals surface area contributed by atoms with Gasteiger partial charge in [-0.15, -0.1) is 0 Å². The van der Waals surface area contributed by atoms with Crippen molar-refractivity contribution in [3.63, 3.8) is 0 Å². The molecule has 0 aliphatic rings. The van der Waals surface area contributed by atoms with Crippen molar-refractivity contribution in [2.75, 3.05) is 6.61 Å². The Kier molecular flexibility index (Phi) is 4.94. The molecular weight excluding hydrogens is 224 g/mol. The zero-order valence-corrected chi connectivity index (χ0v) is 10.3. The number of rotatable bonds is 6. The van der Waals surface area contributed by atoms with Crippen LogP contribution in [0.4, 0.5) is 0 Å². The minimum Gasteiger partial charge on any atom is -0.390 e. The van der Waals surface area contributed by atoms with Crippen molar-refractivity contribution in [3.8, 4) is 0 Å². The lowest BCUT2D eigenvalue weighted by molar-refractivity contribution is 0.0288. The molecular formula is C16H18O2. The van der Waals surface area contributed by atoms with E-state index in [1.807, 2.05) is 60.7 Å². The van der Waals surface area contributed by atoms with Crippen LogP contribution in [-0.4, -0.2) is 17.8 Å². The minimum absolute atomic E-state index is 0.365. The third-order valence-corrected chi connectivity index (χ3v) is 2.74. The van der Waals surface area contributed by atoms with Gasteiger partial charge >= 0.3 is 0 Å². The number of hydrogen-bond acceptors (Lipinski definition) is 2. The van der Waals surface area contributed by atoms with Gasteiger partial charge in [-0.25, -0.2) is 0 Å². The first-order valence-electron chi connectivity index (χ1n) is 6.18. The Balaban J connectivity index is 1.71. The van der Waals surface area contributed by atoms with E-state index >= 15 is 0 Å². The first kappa shape index (κ1) is 12.8. The highest BCUT2D eigenvalue weighted by atomic mass is 16.5. The van der Waals surface area contributed by atoms with Gasteiger partial charge in [0.15, 0.2) is 0 Å². The van der Waals surface area contributed by atoms with Crippen LogP contribution in [0.1, 0.15) is 11.1 Å². The van der Waals surface area contributed by atoms with Crippen LogP contribution in [0.5, 0.6) is 0 Å². The molecule has 18 heavy (non-hydrogen) atoms. The van der Waals surface area contributed by atoms with Gasteiger partial charge in [0.25, 0.3) is 0 Å². The van der Waals surface area contributed by atoms with E-state index in [4.69, 9.17) is 4.74 Å². The monoisotopic (exact) mass is 242 g/mol. The lowest BCUT2D eigenvalue weighted by atomic mass is 10.1. The van der Waals surface area contributed by atoms with Crippen LogP contribution in [0.2, 0.25) is 0 Å². The second kappa shape index (κ2) is 6.94. The zero-order valence-electron chi connectivity index (χ0n) is 10.3. The van der Waals surface area contributed by atoms with Crippen molar-refractivity contribution in [2.24, 2.45) is 0 Å². The predicted octanol–water partition coefficient (Wildman–Crippen LogP) is 2.81. The Morgan fingerprint density at radius 2 is 1.39 bits per heavy atom. The van der Waals surface area contributed by atoms with E-state index < -0.39 is 6.10 Å². The van der Waals surface area contributed by atoms with E-state index in [2.05, 4.69) is 0 Å². The van der Waals surface area contributed by atoms with Crippen LogP contribution in [0.15, 0.2) is 60.7 Å². The maximum atomic E-state index is 9.86. The van der Waals surface area contributed by atoms with Crippen molar-refractivity contribution in [1.29, 1.82) is 0 Å². The fourth-order valence-electron chi connectivity index (χ4n) is 1.83. The summed E-state index contributed by atoms with van der Waals surface area (Å²) in [6, 6.07) is 19.9. The van der Waals surface area contributed by atoms with E-state index in [-0.39, 0.29) is 0 Å². The Morgan fingerprint density at radius 1 is 0.833 bits per heavy atom. The molecule has 0 radical (unpaired) electrons. The van der Waals surface area contributed by atoms with Gasteiger partial charge in [0, 0.05) is 6.42 Å². The van der Waals surface area contributed by atoms with Crippen molar-refractivity contribution >= 4 is 0 Å². The molecule has 0 amide bonds. The van der Waals surface area contributed by atoms with E-state index in [1.165, 1.54) is 0 Å². The van der Waals surface area contributed by atoms with Crippen molar-refractivity contribution in [1.82, 2.24) is 0 Å². The molecule has 2 aromatic rings. The highest BCUT2D eigenvalue weighted by Gasteiger charge is 2.05. The molecule has 0 fully saturated rings. The standard InChI is InChI=1S/C16H18O2/c17-16(11-14-7-3-1-4-8-14)13-18-12-15-9-5-2-6-10-15/h1-10,16-17H,11-13H2. The van der Waals surface area contributed by atoms with Crippen molar-refractivity contribution in [3.05, 3.63) is 71.8 Å². The number of ether oxygens (including phenoxy) is 1. The highest BCUT2D eigenvalue weighted by Crippen LogP contribution is 2.05. The summed E-state index contributed by atoms with van der Waals surface area (Å²) < 4.78 is 5.50. The molecule has 1 atom stereocenters. The molecule has 0 aliphatic carbocycles. The second-order valence-corrected chi connectivity index (χ2v) is 4.34. The second-order valence-electron chi connectivity index (χ2n) is 4.34. The summed E-state index contributed by atoms with van der Waals surface area (Å²) >= 11 is 0. The highest BCUT2D eigenvalue weighted by molar-refractivity contribution is 5.15. The number of aliphatic hydroxyl groups is 1. The molecule has 1 unspecified atom stereocenters. The number of aliphatic hydroxyl groups excluding tert-OH is 1. The molecule has 2 aromatic carbocycles. The van der Waals surface area contributed by atoms with Gasteiger partial charge in [-0.3, -0.25) is 0 Å². The molecule has 94 valence electrons. The number of hydrogen-bond donors (Lipinski definition) is 1. The zero-order chi connectivity index (χ0) is 12.6. The normalized spacial score (nSPS) is 12.3. The Bertz CT molecular complexity index is 439. The van der Waals surface area contributed by atoms with Gasteiger partial charge in [0.2, 0.25) is 0 Å². The third-order valence-electron chi connectivity index (χ3n) is 2.74. The minimum atomic E-state index is -0.448.